The maximum Gasteiger partial charge on any atom is 0.0540 e. The normalized spacial score (nSPS) is 35.3. The highest BCUT2D eigenvalue weighted by molar-refractivity contribution is 5.22. The average Bonchev–Trinajstić information content (AvgIpc) is 2.52. The molecule has 0 bridgehead atoms. The Morgan fingerprint density at radius 2 is 1.10 bits per heavy atom. The minimum atomic E-state index is -0.0779. The van der Waals surface area contributed by atoms with Gasteiger partial charge in [-0.25, -0.2) is 0 Å². The summed E-state index contributed by atoms with van der Waals surface area (Å²) in [6.07, 6.45) is 8.30. The van der Waals surface area contributed by atoms with E-state index in [1.54, 1.807) is 0 Å². The third-order valence-corrected chi connectivity index (χ3v) is 5.68. The molecule has 21 heavy (non-hydrogen) atoms. The van der Waals surface area contributed by atoms with Crippen molar-refractivity contribution in [3.63, 3.8) is 0 Å². The van der Waals surface area contributed by atoms with Crippen molar-refractivity contribution < 1.29 is 10.2 Å². The molecular formula is C19H28O2. The zero-order valence-corrected chi connectivity index (χ0v) is 12.8. The second-order valence-corrected chi connectivity index (χ2v) is 7.07. The molecule has 0 saturated heterocycles. The van der Waals surface area contributed by atoms with Crippen LogP contribution in [0.25, 0.3) is 0 Å². The Morgan fingerprint density at radius 3 is 1.52 bits per heavy atom. The molecule has 0 heterocycles. The van der Waals surface area contributed by atoms with Crippen LogP contribution in [-0.4, -0.2) is 22.4 Å². The lowest BCUT2D eigenvalue weighted by Gasteiger charge is -2.40. The number of hydrogen-bond donors (Lipinski definition) is 2. The lowest BCUT2D eigenvalue weighted by atomic mass is 9.66. The van der Waals surface area contributed by atoms with Crippen molar-refractivity contribution >= 4 is 0 Å². The van der Waals surface area contributed by atoms with E-state index in [2.05, 4.69) is 30.3 Å². The van der Waals surface area contributed by atoms with E-state index in [1.807, 2.05) is 0 Å². The van der Waals surface area contributed by atoms with Crippen molar-refractivity contribution in [1.82, 2.24) is 0 Å². The van der Waals surface area contributed by atoms with Gasteiger partial charge in [-0.2, -0.15) is 0 Å². The summed E-state index contributed by atoms with van der Waals surface area (Å²) < 4.78 is 0. The molecular weight excluding hydrogens is 260 g/mol. The van der Waals surface area contributed by atoms with Crippen LogP contribution in [0.1, 0.15) is 62.8 Å². The highest BCUT2D eigenvalue weighted by Crippen LogP contribution is 2.45. The zero-order chi connectivity index (χ0) is 14.7. The van der Waals surface area contributed by atoms with Crippen molar-refractivity contribution in [3.8, 4) is 0 Å². The molecule has 2 fully saturated rings. The second-order valence-electron chi connectivity index (χ2n) is 7.07. The number of aliphatic hydroxyl groups excluding tert-OH is 2. The molecule has 0 unspecified atom stereocenters. The first-order valence-electron chi connectivity index (χ1n) is 8.65. The van der Waals surface area contributed by atoms with Crippen LogP contribution in [0.2, 0.25) is 0 Å². The minimum absolute atomic E-state index is 0.0779. The van der Waals surface area contributed by atoms with Crippen LogP contribution in [0.15, 0.2) is 30.3 Å². The fraction of sp³-hybridized carbons (Fsp3) is 0.684. The monoisotopic (exact) mass is 288 g/mol. The summed E-state index contributed by atoms with van der Waals surface area (Å²) >= 11 is 0. The van der Waals surface area contributed by atoms with Crippen LogP contribution in [-0.2, 0) is 0 Å². The van der Waals surface area contributed by atoms with Crippen LogP contribution in [0, 0.1) is 11.8 Å². The van der Waals surface area contributed by atoms with Gasteiger partial charge in [-0.1, -0.05) is 30.3 Å². The maximum atomic E-state index is 9.79. The number of aliphatic hydroxyl groups is 2. The van der Waals surface area contributed by atoms with Crippen molar-refractivity contribution in [2.45, 2.75) is 69.5 Å². The SMILES string of the molecule is OC1CCC(C(c2ccccc2)C2CCC(O)CC2)CC1. The van der Waals surface area contributed by atoms with Crippen molar-refractivity contribution in [2.24, 2.45) is 11.8 Å². The van der Waals surface area contributed by atoms with Gasteiger partial charge in [0.2, 0.25) is 0 Å². The van der Waals surface area contributed by atoms with Crippen LogP contribution in [0.5, 0.6) is 0 Å². The molecule has 2 heteroatoms. The van der Waals surface area contributed by atoms with Gasteiger partial charge in [0.1, 0.15) is 0 Å². The average molecular weight is 288 g/mol. The topological polar surface area (TPSA) is 40.5 Å². The molecule has 0 amide bonds. The van der Waals surface area contributed by atoms with E-state index in [1.165, 1.54) is 5.56 Å². The first kappa shape index (κ1) is 15.1. The molecule has 0 aliphatic heterocycles. The van der Waals surface area contributed by atoms with E-state index in [-0.39, 0.29) is 12.2 Å². The molecule has 2 N–H and O–H groups in total. The molecule has 1 aromatic carbocycles. The Kier molecular flexibility index (Phi) is 4.97. The molecule has 2 aliphatic rings. The number of benzene rings is 1. The van der Waals surface area contributed by atoms with Gasteiger partial charge in [0.25, 0.3) is 0 Å². The summed E-state index contributed by atoms with van der Waals surface area (Å²) in [5.74, 6) is 2.03. The van der Waals surface area contributed by atoms with Crippen molar-refractivity contribution in [2.75, 3.05) is 0 Å². The van der Waals surface area contributed by atoms with Gasteiger partial charge in [0, 0.05) is 0 Å². The van der Waals surface area contributed by atoms with Gasteiger partial charge < -0.3 is 10.2 Å². The van der Waals surface area contributed by atoms with E-state index >= 15 is 0 Å². The molecule has 0 aromatic heterocycles. The van der Waals surface area contributed by atoms with Gasteiger partial charge in [-0.3, -0.25) is 0 Å². The summed E-state index contributed by atoms with van der Waals surface area (Å²) in [7, 11) is 0. The van der Waals surface area contributed by atoms with Crippen LogP contribution in [0.3, 0.4) is 0 Å². The van der Waals surface area contributed by atoms with Gasteiger partial charge in [-0.05, 0) is 74.7 Å². The standard InChI is InChI=1S/C19H28O2/c20-17-10-6-15(7-11-17)19(14-4-2-1-3-5-14)16-8-12-18(21)13-9-16/h1-5,15-21H,6-13H2. The summed E-state index contributed by atoms with van der Waals surface area (Å²) in [6.45, 7) is 0. The smallest absolute Gasteiger partial charge is 0.0540 e. The van der Waals surface area contributed by atoms with Crippen molar-refractivity contribution in [1.29, 1.82) is 0 Å². The van der Waals surface area contributed by atoms with Gasteiger partial charge in [0.05, 0.1) is 12.2 Å². The largest absolute Gasteiger partial charge is 0.393 e. The Bertz CT molecular complexity index is 392. The molecule has 1 aromatic rings. The summed E-state index contributed by atoms with van der Waals surface area (Å²) in [5, 5.41) is 19.6. The minimum Gasteiger partial charge on any atom is -0.393 e. The summed E-state index contributed by atoms with van der Waals surface area (Å²) in [4.78, 5) is 0. The lowest BCUT2D eigenvalue weighted by molar-refractivity contribution is 0.0682. The third kappa shape index (κ3) is 3.67. The summed E-state index contributed by atoms with van der Waals surface area (Å²) in [5.41, 5.74) is 1.47. The maximum absolute atomic E-state index is 9.79. The third-order valence-electron chi connectivity index (χ3n) is 5.68. The molecule has 2 nitrogen and oxygen atoms in total. The predicted octanol–water partition coefficient (Wildman–Crippen LogP) is 3.87. The molecule has 3 rings (SSSR count). The van der Waals surface area contributed by atoms with Crippen LogP contribution in [0.4, 0.5) is 0 Å². The second kappa shape index (κ2) is 6.93. The van der Waals surface area contributed by atoms with Gasteiger partial charge in [0.15, 0.2) is 0 Å². The molecule has 116 valence electrons. The summed E-state index contributed by atoms with van der Waals surface area (Å²) in [6, 6.07) is 11.0. The fourth-order valence-corrected chi connectivity index (χ4v) is 4.53. The van der Waals surface area contributed by atoms with Crippen LogP contribution < -0.4 is 0 Å². The van der Waals surface area contributed by atoms with E-state index in [9.17, 15) is 10.2 Å². The Hall–Kier alpha value is -0.860. The Labute approximate surface area is 128 Å². The zero-order valence-electron chi connectivity index (χ0n) is 12.8. The van der Waals surface area contributed by atoms with E-state index < -0.39 is 0 Å². The highest BCUT2D eigenvalue weighted by atomic mass is 16.3. The van der Waals surface area contributed by atoms with Crippen LogP contribution >= 0.6 is 0 Å². The van der Waals surface area contributed by atoms with E-state index in [0.717, 1.165) is 51.4 Å². The first-order chi connectivity index (χ1) is 10.2. The fourth-order valence-electron chi connectivity index (χ4n) is 4.53. The molecule has 2 aliphatic carbocycles. The highest BCUT2D eigenvalue weighted by Gasteiger charge is 2.35. The quantitative estimate of drug-likeness (QED) is 0.886. The lowest BCUT2D eigenvalue weighted by Crippen LogP contribution is -2.30. The molecule has 0 atom stereocenters. The Balaban J connectivity index is 1.78. The number of rotatable bonds is 3. The Morgan fingerprint density at radius 1 is 0.667 bits per heavy atom. The molecule has 2 saturated carbocycles. The van der Waals surface area contributed by atoms with E-state index in [0.29, 0.717) is 17.8 Å². The molecule has 0 spiro atoms. The predicted molar refractivity (Wildman–Crippen MR) is 85.1 cm³/mol. The van der Waals surface area contributed by atoms with Gasteiger partial charge >= 0.3 is 0 Å². The first-order valence-corrected chi connectivity index (χ1v) is 8.65. The molecule has 0 radical (unpaired) electrons. The van der Waals surface area contributed by atoms with Gasteiger partial charge in [-0.15, -0.1) is 0 Å². The number of hydrogen-bond acceptors (Lipinski definition) is 2. The van der Waals surface area contributed by atoms with E-state index in [4.69, 9.17) is 0 Å². The van der Waals surface area contributed by atoms with Crippen molar-refractivity contribution in [3.05, 3.63) is 35.9 Å².